The van der Waals surface area contributed by atoms with Crippen LogP contribution in [0.2, 0.25) is 0 Å². The number of ether oxygens (including phenoxy) is 3. The molecule has 0 bridgehead atoms. The van der Waals surface area contributed by atoms with Crippen molar-refractivity contribution in [1.82, 2.24) is 0 Å². The molecule has 0 fully saturated rings. The smallest absolute Gasteiger partial charge is 0.227 e. The van der Waals surface area contributed by atoms with Crippen molar-refractivity contribution in [2.24, 2.45) is 0 Å². The summed E-state index contributed by atoms with van der Waals surface area (Å²) in [5.41, 5.74) is 0.582. The predicted octanol–water partition coefficient (Wildman–Crippen LogP) is 3.25. The zero-order valence-electron chi connectivity index (χ0n) is 13.0. The number of hydrogen-bond acceptors (Lipinski definition) is 4. The number of halogens is 1. The Morgan fingerprint density at radius 3 is 2.48 bits per heavy atom. The van der Waals surface area contributed by atoms with E-state index in [1.807, 2.05) is 0 Å². The number of rotatable bonds is 7. The summed E-state index contributed by atoms with van der Waals surface area (Å²) in [5, 5.41) is 2.72. The first-order valence-corrected chi connectivity index (χ1v) is 7.03. The van der Waals surface area contributed by atoms with Crippen LogP contribution < -0.4 is 19.5 Å². The van der Waals surface area contributed by atoms with E-state index < -0.39 is 5.82 Å². The average Bonchev–Trinajstić information content (AvgIpc) is 2.56. The maximum Gasteiger partial charge on any atom is 0.227 e. The van der Waals surface area contributed by atoms with Crippen LogP contribution in [0.1, 0.15) is 6.42 Å². The van der Waals surface area contributed by atoms with Crippen molar-refractivity contribution < 1.29 is 23.4 Å². The van der Waals surface area contributed by atoms with Gasteiger partial charge < -0.3 is 19.5 Å². The van der Waals surface area contributed by atoms with E-state index >= 15 is 0 Å². The molecule has 5 nitrogen and oxygen atoms in total. The van der Waals surface area contributed by atoms with Crippen LogP contribution in [0.15, 0.2) is 42.5 Å². The minimum atomic E-state index is -0.451. The fraction of sp³-hybridized carbons (Fsp3) is 0.235. The number of amides is 1. The van der Waals surface area contributed by atoms with Crippen LogP contribution in [0.4, 0.5) is 10.1 Å². The van der Waals surface area contributed by atoms with Crippen molar-refractivity contribution in [1.29, 1.82) is 0 Å². The van der Waals surface area contributed by atoms with Crippen LogP contribution in [0.3, 0.4) is 0 Å². The number of para-hydroxylation sites is 1. The predicted molar refractivity (Wildman–Crippen MR) is 84.7 cm³/mol. The molecule has 0 aliphatic heterocycles. The Bertz CT molecular complexity index is 675. The molecule has 0 aliphatic rings. The van der Waals surface area contributed by atoms with E-state index in [1.54, 1.807) is 30.3 Å². The van der Waals surface area contributed by atoms with Gasteiger partial charge in [-0.05, 0) is 24.3 Å². The van der Waals surface area contributed by atoms with Gasteiger partial charge in [0.15, 0.2) is 23.1 Å². The minimum Gasteiger partial charge on any atom is -0.493 e. The number of hydrogen-bond donors (Lipinski definition) is 1. The Hall–Kier alpha value is -2.76. The van der Waals surface area contributed by atoms with Crippen molar-refractivity contribution in [2.45, 2.75) is 6.42 Å². The molecule has 2 aromatic rings. The highest BCUT2D eigenvalue weighted by Gasteiger charge is 2.08. The molecule has 0 aliphatic carbocycles. The normalized spacial score (nSPS) is 10.0. The summed E-state index contributed by atoms with van der Waals surface area (Å²) in [6.45, 7) is 0.0834. The molecule has 1 N–H and O–H groups in total. The van der Waals surface area contributed by atoms with Crippen LogP contribution in [0.25, 0.3) is 0 Å². The number of nitrogens with one attached hydrogen (secondary N) is 1. The largest absolute Gasteiger partial charge is 0.493 e. The second-order valence-corrected chi connectivity index (χ2v) is 4.65. The fourth-order valence-electron chi connectivity index (χ4n) is 1.95. The van der Waals surface area contributed by atoms with Crippen molar-refractivity contribution in [3.63, 3.8) is 0 Å². The van der Waals surface area contributed by atoms with E-state index in [4.69, 9.17) is 14.2 Å². The zero-order valence-corrected chi connectivity index (χ0v) is 13.0. The van der Waals surface area contributed by atoms with Gasteiger partial charge in [-0.2, -0.15) is 0 Å². The van der Waals surface area contributed by atoms with Crippen molar-refractivity contribution in [3.8, 4) is 17.2 Å². The summed E-state index contributed by atoms with van der Waals surface area (Å²) in [7, 11) is 3.06. The molecular weight excluding hydrogens is 301 g/mol. The van der Waals surface area contributed by atoms with Crippen molar-refractivity contribution >= 4 is 11.6 Å². The second kappa shape index (κ2) is 8.03. The molecule has 0 unspecified atom stereocenters. The monoisotopic (exact) mass is 319 g/mol. The van der Waals surface area contributed by atoms with Crippen LogP contribution in [-0.4, -0.2) is 26.7 Å². The van der Waals surface area contributed by atoms with Crippen LogP contribution in [0, 0.1) is 5.82 Å². The molecule has 6 heteroatoms. The van der Waals surface area contributed by atoms with E-state index in [1.165, 1.54) is 26.4 Å². The van der Waals surface area contributed by atoms with E-state index in [0.717, 1.165) is 0 Å². The average molecular weight is 319 g/mol. The van der Waals surface area contributed by atoms with Gasteiger partial charge in [-0.25, -0.2) is 4.39 Å². The lowest BCUT2D eigenvalue weighted by molar-refractivity contribution is -0.116. The first-order chi connectivity index (χ1) is 11.1. The molecule has 0 atom stereocenters. The maximum atomic E-state index is 13.4. The van der Waals surface area contributed by atoms with Gasteiger partial charge in [0, 0.05) is 11.8 Å². The molecule has 0 radical (unpaired) electrons. The maximum absolute atomic E-state index is 13.4. The topological polar surface area (TPSA) is 56.8 Å². The molecular formula is C17H18FNO4. The summed E-state index contributed by atoms with van der Waals surface area (Å²) >= 11 is 0. The Labute approximate surface area is 134 Å². The first-order valence-electron chi connectivity index (χ1n) is 7.03. The number of benzene rings is 2. The molecule has 0 saturated heterocycles. The summed E-state index contributed by atoms with van der Waals surface area (Å²) in [6, 6.07) is 11.1. The van der Waals surface area contributed by atoms with Gasteiger partial charge in [-0.3, -0.25) is 4.79 Å². The summed E-state index contributed by atoms with van der Waals surface area (Å²) in [5.74, 6) is 0.536. The highest BCUT2D eigenvalue weighted by Crippen LogP contribution is 2.29. The zero-order chi connectivity index (χ0) is 16.7. The molecule has 0 saturated carbocycles. The number of anilines is 1. The molecule has 0 aromatic heterocycles. The highest BCUT2D eigenvalue weighted by atomic mass is 19.1. The van der Waals surface area contributed by atoms with Crippen molar-refractivity contribution in [2.75, 3.05) is 26.1 Å². The summed E-state index contributed by atoms with van der Waals surface area (Å²) in [4.78, 5) is 11.9. The van der Waals surface area contributed by atoms with E-state index in [9.17, 15) is 9.18 Å². The first kappa shape index (κ1) is 16.6. The molecule has 2 rings (SSSR count). The SMILES string of the molecule is COc1ccc(NC(=O)CCOc2ccccc2F)cc1OC. The molecule has 0 heterocycles. The number of carbonyl (C=O) groups is 1. The van der Waals surface area contributed by atoms with E-state index in [0.29, 0.717) is 17.2 Å². The van der Waals surface area contributed by atoms with E-state index in [2.05, 4.69) is 5.32 Å². The highest BCUT2D eigenvalue weighted by molar-refractivity contribution is 5.91. The number of carbonyl (C=O) groups excluding carboxylic acids is 1. The number of methoxy groups -OCH3 is 2. The Morgan fingerprint density at radius 2 is 1.78 bits per heavy atom. The minimum absolute atomic E-state index is 0.0834. The van der Waals surface area contributed by atoms with Gasteiger partial charge in [0.2, 0.25) is 5.91 Å². The van der Waals surface area contributed by atoms with Crippen LogP contribution in [-0.2, 0) is 4.79 Å². The lowest BCUT2D eigenvalue weighted by Crippen LogP contribution is -2.15. The third-order valence-corrected chi connectivity index (χ3v) is 3.09. The third-order valence-electron chi connectivity index (χ3n) is 3.09. The lowest BCUT2D eigenvalue weighted by atomic mass is 10.2. The van der Waals surface area contributed by atoms with Crippen LogP contribution >= 0.6 is 0 Å². The summed E-state index contributed by atoms with van der Waals surface area (Å²) in [6.07, 6.45) is 0.0999. The van der Waals surface area contributed by atoms with Gasteiger partial charge in [-0.15, -0.1) is 0 Å². The van der Waals surface area contributed by atoms with Gasteiger partial charge in [0.1, 0.15) is 0 Å². The van der Waals surface area contributed by atoms with E-state index in [-0.39, 0.29) is 24.7 Å². The Kier molecular flexibility index (Phi) is 5.80. The molecule has 122 valence electrons. The fourth-order valence-corrected chi connectivity index (χ4v) is 1.95. The summed E-state index contributed by atoms with van der Waals surface area (Å²) < 4.78 is 28.9. The lowest BCUT2D eigenvalue weighted by Gasteiger charge is -2.11. The standard InChI is InChI=1S/C17H18FNO4/c1-21-15-8-7-12(11-16(15)22-2)19-17(20)9-10-23-14-6-4-3-5-13(14)18/h3-8,11H,9-10H2,1-2H3,(H,19,20). The second-order valence-electron chi connectivity index (χ2n) is 4.65. The van der Waals surface area contributed by atoms with Crippen LogP contribution in [0.5, 0.6) is 17.2 Å². The Morgan fingerprint density at radius 1 is 1.04 bits per heavy atom. The van der Waals surface area contributed by atoms with Gasteiger partial charge >= 0.3 is 0 Å². The molecule has 0 spiro atoms. The van der Waals surface area contributed by atoms with Crippen molar-refractivity contribution in [3.05, 3.63) is 48.3 Å². The quantitative estimate of drug-likeness (QED) is 0.851. The molecule has 1 amide bonds. The van der Waals surface area contributed by atoms with Gasteiger partial charge in [0.25, 0.3) is 0 Å². The van der Waals surface area contributed by atoms with Gasteiger partial charge in [-0.1, -0.05) is 12.1 Å². The molecule has 23 heavy (non-hydrogen) atoms. The molecule has 2 aromatic carbocycles. The third kappa shape index (κ3) is 4.60. The Balaban J connectivity index is 1.86. The van der Waals surface area contributed by atoms with Gasteiger partial charge in [0.05, 0.1) is 27.2 Å².